The summed E-state index contributed by atoms with van der Waals surface area (Å²) in [6, 6.07) is 10.3. The Morgan fingerprint density at radius 3 is 2.14 bits per heavy atom. The second-order valence-corrected chi connectivity index (χ2v) is 19.5. The molecule has 2 aliphatic heterocycles. The molecule has 1 aromatic rings. The van der Waals surface area contributed by atoms with Crippen molar-refractivity contribution in [1.82, 2.24) is 4.90 Å². The summed E-state index contributed by atoms with van der Waals surface area (Å²) in [5.41, 5.74) is 2.46. The van der Waals surface area contributed by atoms with E-state index in [-0.39, 0.29) is 35.4 Å². The molecule has 2 heterocycles. The molecular formula is C50H85NO5. The van der Waals surface area contributed by atoms with Crippen LogP contribution < -0.4 is 0 Å². The van der Waals surface area contributed by atoms with Gasteiger partial charge >= 0.3 is 0 Å². The Morgan fingerprint density at radius 2 is 1.54 bits per heavy atom. The molecule has 1 aromatic carbocycles. The van der Waals surface area contributed by atoms with E-state index in [2.05, 4.69) is 60.6 Å². The molecule has 6 saturated carbocycles. The smallest absolute Gasteiger partial charge is 0.223 e. The third-order valence-electron chi connectivity index (χ3n) is 16.4. The van der Waals surface area contributed by atoms with Crippen LogP contribution in [0.3, 0.4) is 0 Å². The summed E-state index contributed by atoms with van der Waals surface area (Å²) in [4.78, 5) is 14.8. The van der Waals surface area contributed by atoms with Gasteiger partial charge in [0, 0.05) is 13.0 Å². The Morgan fingerprint density at radius 1 is 0.857 bits per heavy atom. The number of carbonyl (C=O) groups excluding carboxylic acids is 1. The summed E-state index contributed by atoms with van der Waals surface area (Å²) in [5, 5.41) is 11.9. The molecule has 56 heavy (non-hydrogen) atoms. The molecule has 2 spiro atoms. The van der Waals surface area contributed by atoms with Gasteiger partial charge < -0.3 is 24.2 Å². The van der Waals surface area contributed by atoms with Gasteiger partial charge in [0.15, 0.2) is 6.29 Å². The lowest BCUT2D eigenvalue weighted by Gasteiger charge is -2.60. The van der Waals surface area contributed by atoms with Crippen LogP contribution in [0.2, 0.25) is 0 Å². The Labute approximate surface area is 344 Å². The Bertz CT molecular complexity index is 1360. The molecule has 8 fully saturated rings. The molecule has 2 saturated heterocycles. The molecule has 1 amide bonds. The Balaban J connectivity index is 0.000000344. The summed E-state index contributed by atoms with van der Waals surface area (Å²) in [6.07, 6.45) is 18.0. The van der Waals surface area contributed by atoms with Crippen LogP contribution in [-0.4, -0.2) is 66.3 Å². The Kier molecular flexibility index (Phi) is 15.7. The third kappa shape index (κ3) is 8.71. The second kappa shape index (κ2) is 19.3. The van der Waals surface area contributed by atoms with E-state index in [0.29, 0.717) is 78.5 Å². The Hall–Kier alpha value is -1.47. The number of benzene rings is 1. The van der Waals surface area contributed by atoms with Crippen molar-refractivity contribution < 1.29 is 24.1 Å². The summed E-state index contributed by atoms with van der Waals surface area (Å²) < 4.78 is 19.5. The zero-order valence-electron chi connectivity index (χ0n) is 37.9. The zero-order valence-corrected chi connectivity index (χ0v) is 37.9. The number of aliphatic hydroxyl groups is 1. The van der Waals surface area contributed by atoms with Crippen molar-refractivity contribution >= 4 is 5.91 Å². The average molecular weight is 780 g/mol. The number of ether oxygens (including phenoxy) is 3. The number of aliphatic hydroxyl groups excluding tert-OH is 1. The first kappa shape index (κ1) is 45.6. The van der Waals surface area contributed by atoms with Gasteiger partial charge in [-0.2, -0.15) is 0 Å². The van der Waals surface area contributed by atoms with Gasteiger partial charge in [-0.3, -0.25) is 4.79 Å². The highest BCUT2D eigenvalue weighted by Crippen LogP contribution is 2.87. The van der Waals surface area contributed by atoms with E-state index in [4.69, 9.17) is 14.2 Å². The van der Waals surface area contributed by atoms with Crippen molar-refractivity contribution in [1.29, 1.82) is 0 Å². The van der Waals surface area contributed by atoms with Crippen LogP contribution in [0.5, 0.6) is 0 Å². The van der Waals surface area contributed by atoms with Gasteiger partial charge in [-0.25, -0.2) is 0 Å². The molecule has 6 nitrogen and oxygen atoms in total. The largest absolute Gasteiger partial charge is 0.390 e. The fraction of sp³-hybridized carbons (Fsp3) is 0.860. The van der Waals surface area contributed by atoms with E-state index in [9.17, 15) is 9.90 Å². The van der Waals surface area contributed by atoms with Gasteiger partial charge in [0.25, 0.3) is 0 Å². The molecule has 9 rings (SSSR count). The topological polar surface area (TPSA) is 68.2 Å². The van der Waals surface area contributed by atoms with Crippen LogP contribution in [0.1, 0.15) is 171 Å². The monoisotopic (exact) mass is 780 g/mol. The number of fused-ring (bicyclic) bond motifs is 4. The van der Waals surface area contributed by atoms with E-state index >= 15 is 0 Å². The quantitative estimate of drug-likeness (QED) is 0.311. The van der Waals surface area contributed by atoms with Crippen molar-refractivity contribution in [2.75, 3.05) is 19.7 Å². The van der Waals surface area contributed by atoms with Crippen molar-refractivity contribution in [3.05, 3.63) is 35.9 Å². The third-order valence-corrected chi connectivity index (χ3v) is 16.4. The number of carbonyl (C=O) groups is 1. The summed E-state index contributed by atoms with van der Waals surface area (Å²) in [6.45, 7) is 26.0. The number of aryl methyl sites for hydroxylation is 1. The molecule has 0 bridgehead atoms. The van der Waals surface area contributed by atoms with Gasteiger partial charge in [-0.05, 0) is 135 Å². The maximum Gasteiger partial charge on any atom is 0.223 e. The molecule has 10 unspecified atom stereocenters. The molecular weight excluding hydrogens is 695 g/mol. The highest BCUT2D eigenvalue weighted by atomic mass is 16.7. The standard InChI is InChI=1S/C35H55NO5.C7H8.C4H10.2C2H6/c1-5-22-8-9-24-31(40-22)30(38)29-23-10-11-25-32(2,3)26(12-13-35(25)20-34(23,35)15-14-33(24,29)4)41-28-19-36(16-17-39-28)27(37)18-21-6-7-21;1-7-5-3-2-4-6-7;1-3-4-2;2*1-2/h21-26,28-31,38H,5-20H2,1-4H3;2-6H,1H3;3-4H2,1-2H3;2*1-2H3/t22?,23?,24-,25?,26?,28?,29?,30+,31?,33?,34?,35?;;;;/m0..../s1. The van der Waals surface area contributed by atoms with Gasteiger partial charge in [-0.15, -0.1) is 0 Å². The lowest BCUT2D eigenvalue weighted by atomic mass is 9.46. The summed E-state index contributed by atoms with van der Waals surface area (Å²) in [7, 11) is 0. The summed E-state index contributed by atoms with van der Waals surface area (Å²) in [5.74, 6) is 3.14. The summed E-state index contributed by atoms with van der Waals surface area (Å²) >= 11 is 0. The molecule has 320 valence electrons. The van der Waals surface area contributed by atoms with Crippen molar-refractivity contribution in [3.63, 3.8) is 0 Å². The number of hydrogen-bond donors (Lipinski definition) is 1. The van der Waals surface area contributed by atoms with E-state index in [1.54, 1.807) is 0 Å². The predicted molar refractivity (Wildman–Crippen MR) is 230 cm³/mol. The van der Waals surface area contributed by atoms with Crippen LogP contribution >= 0.6 is 0 Å². The molecule has 0 radical (unpaired) electrons. The molecule has 6 heteroatoms. The maximum atomic E-state index is 12.8. The van der Waals surface area contributed by atoms with E-state index in [0.717, 1.165) is 12.8 Å². The number of hydrogen-bond acceptors (Lipinski definition) is 5. The van der Waals surface area contributed by atoms with Crippen LogP contribution in [0, 0.1) is 58.2 Å². The lowest BCUT2D eigenvalue weighted by molar-refractivity contribution is -0.245. The predicted octanol–water partition coefficient (Wildman–Crippen LogP) is 11.8. The minimum atomic E-state index is -0.297. The van der Waals surface area contributed by atoms with E-state index < -0.39 is 0 Å². The fourth-order valence-electron chi connectivity index (χ4n) is 13.2. The molecule has 6 aliphatic carbocycles. The second-order valence-electron chi connectivity index (χ2n) is 19.5. The van der Waals surface area contributed by atoms with Gasteiger partial charge in [-0.1, -0.05) is 118 Å². The number of nitrogens with zero attached hydrogens (tertiary/aromatic N) is 1. The molecule has 1 N–H and O–H groups in total. The highest BCUT2D eigenvalue weighted by Gasteiger charge is 2.81. The highest BCUT2D eigenvalue weighted by molar-refractivity contribution is 5.76. The van der Waals surface area contributed by atoms with Crippen molar-refractivity contribution in [2.24, 2.45) is 51.2 Å². The number of amides is 1. The zero-order chi connectivity index (χ0) is 40.9. The molecule has 8 aliphatic rings. The van der Waals surface area contributed by atoms with Crippen LogP contribution in [0.4, 0.5) is 0 Å². The molecule has 12 atom stereocenters. The number of unbranched alkanes of at least 4 members (excludes halogenated alkanes) is 1. The van der Waals surface area contributed by atoms with Crippen molar-refractivity contribution in [2.45, 2.75) is 203 Å². The van der Waals surface area contributed by atoms with E-state index in [1.165, 1.54) is 82.6 Å². The molecule has 0 aromatic heterocycles. The van der Waals surface area contributed by atoms with Gasteiger partial charge in [0.1, 0.15) is 0 Å². The first-order valence-corrected chi connectivity index (χ1v) is 23.8. The number of rotatable bonds is 6. The van der Waals surface area contributed by atoms with Crippen molar-refractivity contribution in [3.8, 4) is 0 Å². The number of morpholine rings is 1. The normalized spacial score (nSPS) is 40.9. The first-order chi connectivity index (χ1) is 26.9. The van der Waals surface area contributed by atoms with Crippen LogP contribution in [-0.2, 0) is 19.0 Å². The SMILES string of the molecule is CC.CC.CCC1CC[C@H]2C(O1)[C@H](O)C1C3CCC4C(C)(C)C(OC5CN(C(=O)CC6CC6)CCO5)CCC45CC35CCC12C.CCCC.Cc1ccccc1. The van der Waals surface area contributed by atoms with Gasteiger partial charge in [0.05, 0.1) is 37.6 Å². The average Bonchev–Trinajstić information content (AvgIpc) is 4.15. The minimum Gasteiger partial charge on any atom is -0.390 e. The first-order valence-electron chi connectivity index (χ1n) is 23.8. The minimum absolute atomic E-state index is 0.0538. The van der Waals surface area contributed by atoms with Crippen LogP contribution in [0.25, 0.3) is 0 Å². The van der Waals surface area contributed by atoms with E-state index in [1.807, 2.05) is 50.8 Å². The van der Waals surface area contributed by atoms with Gasteiger partial charge in [0.2, 0.25) is 5.91 Å². The lowest BCUT2D eigenvalue weighted by Crippen LogP contribution is -2.57. The maximum absolute atomic E-state index is 12.8. The van der Waals surface area contributed by atoms with Crippen LogP contribution in [0.15, 0.2) is 30.3 Å². The fourth-order valence-corrected chi connectivity index (χ4v) is 13.2.